The average Bonchev–Trinajstić information content (AvgIpc) is 2.47. The van der Waals surface area contributed by atoms with Gasteiger partial charge in [-0.2, -0.15) is 5.26 Å². The number of carbonyl (C=O) groups is 1. The molecule has 0 aliphatic rings. The topological polar surface area (TPSA) is 113 Å². The summed E-state index contributed by atoms with van der Waals surface area (Å²) >= 11 is 0. The molecular weight excluding hydrogens is 276 g/mol. The number of ether oxygens (including phenoxy) is 1. The van der Waals surface area contributed by atoms with Gasteiger partial charge in [0.1, 0.15) is 28.7 Å². The number of hydrogen-bond acceptors (Lipinski definition) is 5. The molecule has 0 fully saturated rings. The number of benzene rings is 2. The van der Waals surface area contributed by atoms with Gasteiger partial charge in [0.05, 0.1) is 4.92 Å². The van der Waals surface area contributed by atoms with Crippen molar-refractivity contribution < 1.29 is 19.6 Å². The largest absolute Gasteiger partial charge is 0.478 e. The summed E-state index contributed by atoms with van der Waals surface area (Å²) in [5.74, 6) is -1.07. The first-order valence-corrected chi connectivity index (χ1v) is 5.71. The SMILES string of the molecule is N#Cc1cc([N+](=O)[O-])ccc1Oc1ccccc1C(=O)O. The van der Waals surface area contributed by atoms with Crippen molar-refractivity contribution in [3.63, 3.8) is 0 Å². The van der Waals surface area contributed by atoms with Gasteiger partial charge in [-0.15, -0.1) is 0 Å². The van der Waals surface area contributed by atoms with Crippen LogP contribution >= 0.6 is 0 Å². The van der Waals surface area contributed by atoms with E-state index in [0.29, 0.717) is 0 Å². The molecule has 2 rings (SSSR count). The number of rotatable bonds is 4. The molecule has 0 bridgehead atoms. The summed E-state index contributed by atoms with van der Waals surface area (Å²) in [7, 11) is 0. The molecule has 0 heterocycles. The number of nitro groups is 1. The third kappa shape index (κ3) is 2.96. The molecule has 0 aliphatic carbocycles. The third-order valence-corrected chi connectivity index (χ3v) is 2.63. The Bertz CT molecular complexity index is 764. The Morgan fingerprint density at radius 2 is 1.95 bits per heavy atom. The van der Waals surface area contributed by atoms with Crippen molar-refractivity contribution in [3.8, 4) is 17.6 Å². The molecule has 7 heteroatoms. The lowest BCUT2D eigenvalue weighted by Crippen LogP contribution is -2.00. The van der Waals surface area contributed by atoms with E-state index >= 15 is 0 Å². The number of hydrogen-bond donors (Lipinski definition) is 1. The highest BCUT2D eigenvalue weighted by atomic mass is 16.6. The van der Waals surface area contributed by atoms with Crippen LogP contribution in [0.1, 0.15) is 15.9 Å². The van der Waals surface area contributed by atoms with Crippen molar-refractivity contribution in [1.82, 2.24) is 0 Å². The maximum Gasteiger partial charge on any atom is 0.339 e. The van der Waals surface area contributed by atoms with Crippen LogP contribution in [-0.4, -0.2) is 16.0 Å². The molecule has 0 saturated carbocycles. The van der Waals surface area contributed by atoms with Crippen molar-refractivity contribution in [2.24, 2.45) is 0 Å². The Labute approximate surface area is 118 Å². The van der Waals surface area contributed by atoms with Gasteiger partial charge in [-0.1, -0.05) is 12.1 Å². The molecule has 104 valence electrons. The summed E-state index contributed by atoms with van der Waals surface area (Å²) in [6.07, 6.45) is 0. The van der Waals surface area contributed by atoms with Crippen LogP contribution in [0.25, 0.3) is 0 Å². The zero-order valence-corrected chi connectivity index (χ0v) is 10.5. The summed E-state index contributed by atoms with van der Waals surface area (Å²) in [6.45, 7) is 0. The molecule has 7 nitrogen and oxygen atoms in total. The second kappa shape index (κ2) is 5.71. The highest BCUT2D eigenvalue weighted by Crippen LogP contribution is 2.30. The van der Waals surface area contributed by atoms with Crippen LogP contribution in [-0.2, 0) is 0 Å². The molecular formula is C14H8N2O5. The lowest BCUT2D eigenvalue weighted by molar-refractivity contribution is -0.384. The Morgan fingerprint density at radius 3 is 2.57 bits per heavy atom. The zero-order valence-electron chi connectivity index (χ0n) is 10.5. The van der Waals surface area contributed by atoms with Crippen LogP contribution in [0.15, 0.2) is 42.5 Å². The molecule has 0 unspecified atom stereocenters. The minimum atomic E-state index is -1.17. The number of nitro benzene ring substituents is 1. The molecule has 0 aliphatic heterocycles. The number of aromatic carboxylic acids is 1. The van der Waals surface area contributed by atoms with Gasteiger partial charge in [-0.3, -0.25) is 10.1 Å². The Balaban J connectivity index is 2.43. The first-order valence-electron chi connectivity index (χ1n) is 5.71. The van der Waals surface area contributed by atoms with Gasteiger partial charge in [0.2, 0.25) is 0 Å². The Morgan fingerprint density at radius 1 is 1.24 bits per heavy atom. The number of carboxylic acids is 1. The maximum atomic E-state index is 11.1. The van der Waals surface area contributed by atoms with Gasteiger partial charge in [-0.05, 0) is 18.2 Å². The fraction of sp³-hybridized carbons (Fsp3) is 0. The fourth-order valence-corrected chi connectivity index (χ4v) is 1.66. The van der Waals surface area contributed by atoms with Crippen molar-refractivity contribution in [2.75, 3.05) is 0 Å². The quantitative estimate of drug-likeness (QED) is 0.682. The maximum absolute atomic E-state index is 11.1. The number of carboxylic acid groups (broad SMARTS) is 1. The van der Waals surface area contributed by atoms with E-state index in [1.165, 1.54) is 30.3 Å². The predicted molar refractivity (Wildman–Crippen MR) is 71.3 cm³/mol. The molecule has 0 atom stereocenters. The van der Waals surface area contributed by atoms with E-state index in [-0.39, 0.29) is 28.3 Å². The summed E-state index contributed by atoms with van der Waals surface area (Å²) in [4.78, 5) is 21.1. The number of nitrogens with zero attached hydrogens (tertiary/aromatic N) is 2. The molecule has 2 aromatic carbocycles. The second-order valence-electron chi connectivity index (χ2n) is 3.95. The Kier molecular flexibility index (Phi) is 3.81. The molecule has 0 spiro atoms. The average molecular weight is 284 g/mol. The Hall–Kier alpha value is -3.40. The minimum absolute atomic E-state index is 0.0513. The molecule has 0 radical (unpaired) electrons. The molecule has 21 heavy (non-hydrogen) atoms. The monoisotopic (exact) mass is 284 g/mol. The molecule has 2 aromatic rings. The van der Waals surface area contributed by atoms with E-state index < -0.39 is 10.9 Å². The van der Waals surface area contributed by atoms with E-state index in [9.17, 15) is 14.9 Å². The van der Waals surface area contributed by atoms with Crippen LogP contribution in [0.3, 0.4) is 0 Å². The van der Waals surface area contributed by atoms with E-state index in [1.54, 1.807) is 12.1 Å². The summed E-state index contributed by atoms with van der Waals surface area (Å²) in [6, 6.07) is 11.2. The molecule has 0 aromatic heterocycles. The predicted octanol–water partition coefficient (Wildman–Crippen LogP) is 2.96. The van der Waals surface area contributed by atoms with E-state index in [4.69, 9.17) is 15.1 Å². The van der Waals surface area contributed by atoms with Gasteiger partial charge >= 0.3 is 5.97 Å². The highest BCUT2D eigenvalue weighted by Gasteiger charge is 2.15. The van der Waals surface area contributed by atoms with Crippen LogP contribution in [0.2, 0.25) is 0 Å². The molecule has 0 saturated heterocycles. The van der Waals surface area contributed by atoms with Gasteiger partial charge in [0.15, 0.2) is 0 Å². The number of nitriles is 1. The summed E-state index contributed by atoms with van der Waals surface area (Å²) in [5, 5.41) is 28.7. The van der Waals surface area contributed by atoms with Crippen LogP contribution in [0, 0.1) is 21.4 Å². The zero-order chi connectivity index (χ0) is 15.4. The number of para-hydroxylation sites is 1. The summed E-state index contributed by atoms with van der Waals surface area (Å²) in [5.41, 5.74) is -0.366. The first kappa shape index (κ1) is 14.0. The van der Waals surface area contributed by atoms with Crippen molar-refractivity contribution in [1.29, 1.82) is 5.26 Å². The van der Waals surface area contributed by atoms with Crippen molar-refractivity contribution in [3.05, 3.63) is 63.7 Å². The van der Waals surface area contributed by atoms with Gasteiger partial charge in [-0.25, -0.2) is 4.79 Å². The van der Waals surface area contributed by atoms with Gasteiger partial charge < -0.3 is 9.84 Å². The number of non-ortho nitro benzene ring substituents is 1. The lowest BCUT2D eigenvalue weighted by atomic mass is 10.1. The smallest absolute Gasteiger partial charge is 0.339 e. The second-order valence-corrected chi connectivity index (χ2v) is 3.95. The molecule has 1 N–H and O–H groups in total. The summed E-state index contributed by atoms with van der Waals surface area (Å²) < 4.78 is 5.40. The highest BCUT2D eigenvalue weighted by molar-refractivity contribution is 5.91. The standard InChI is InChI=1S/C14H8N2O5/c15-8-9-7-10(16(19)20)5-6-12(9)21-13-4-2-1-3-11(13)14(17)18/h1-7H,(H,17,18). The normalized spacial score (nSPS) is 9.67. The van der Waals surface area contributed by atoms with Crippen LogP contribution in [0.5, 0.6) is 11.5 Å². The fourth-order valence-electron chi connectivity index (χ4n) is 1.66. The minimum Gasteiger partial charge on any atom is -0.478 e. The van der Waals surface area contributed by atoms with E-state index in [1.807, 2.05) is 0 Å². The van der Waals surface area contributed by atoms with Gasteiger partial charge in [0, 0.05) is 12.1 Å². The van der Waals surface area contributed by atoms with Crippen molar-refractivity contribution in [2.45, 2.75) is 0 Å². The third-order valence-electron chi connectivity index (χ3n) is 2.63. The molecule has 0 amide bonds. The van der Waals surface area contributed by atoms with Crippen LogP contribution in [0.4, 0.5) is 5.69 Å². The van der Waals surface area contributed by atoms with E-state index in [0.717, 1.165) is 6.07 Å². The lowest BCUT2D eigenvalue weighted by Gasteiger charge is -2.09. The van der Waals surface area contributed by atoms with E-state index in [2.05, 4.69) is 0 Å². The van der Waals surface area contributed by atoms with Crippen molar-refractivity contribution >= 4 is 11.7 Å². The van der Waals surface area contributed by atoms with Crippen LogP contribution < -0.4 is 4.74 Å². The first-order chi connectivity index (χ1) is 10.0. The van der Waals surface area contributed by atoms with Gasteiger partial charge in [0.25, 0.3) is 5.69 Å².